The fourth-order valence-electron chi connectivity index (χ4n) is 6.21. The number of aryl methyl sites for hydroxylation is 1. The number of ether oxygens (including phenoxy) is 2. The highest BCUT2D eigenvalue weighted by atomic mass is 16.6. The Morgan fingerprint density at radius 3 is 2.54 bits per heavy atom. The number of rotatable bonds is 2. The van der Waals surface area contributed by atoms with E-state index >= 15 is 0 Å². The summed E-state index contributed by atoms with van der Waals surface area (Å²) in [6.07, 6.45) is 0.787. The van der Waals surface area contributed by atoms with Crippen molar-refractivity contribution in [2.45, 2.75) is 70.7 Å². The lowest BCUT2D eigenvalue weighted by Crippen LogP contribution is -2.47. The number of carbonyl (C=O) groups excluding carboxylic acids is 2. The molecule has 0 saturated heterocycles. The fraction of sp³-hybridized carbons (Fsp3) is 0.636. The zero-order valence-corrected chi connectivity index (χ0v) is 16.6. The number of benzene rings is 1. The van der Waals surface area contributed by atoms with Crippen LogP contribution in [0.25, 0.3) is 0 Å². The maximum absolute atomic E-state index is 11.6. The van der Waals surface area contributed by atoms with Gasteiger partial charge in [0.2, 0.25) is 0 Å². The van der Waals surface area contributed by atoms with Gasteiger partial charge in [0.05, 0.1) is 6.10 Å². The summed E-state index contributed by atoms with van der Waals surface area (Å²) in [6.45, 7) is 4.78. The van der Waals surface area contributed by atoms with Crippen molar-refractivity contribution in [1.29, 1.82) is 0 Å². The van der Waals surface area contributed by atoms with Crippen LogP contribution >= 0.6 is 0 Å². The summed E-state index contributed by atoms with van der Waals surface area (Å²) in [5.41, 5.74) is 2.00. The van der Waals surface area contributed by atoms with Gasteiger partial charge in [-0.2, -0.15) is 0 Å². The number of hydrogen-bond donors (Lipinski definition) is 2. The van der Waals surface area contributed by atoms with Gasteiger partial charge in [0.1, 0.15) is 18.0 Å². The minimum atomic E-state index is -1.05. The molecule has 7 atom stereocenters. The van der Waals surface area contributed by atoms with E-state index < -0.39 is 29.7 Å². The molecule has 0 aliphatic heterocycles. The van der Waals surface area contributed by atoms with Crippen molar-refractivity contribution in [1.82, 2.24) is 0 Å². The zero-order valence-electron chi connectivity index (χ0n) is 16.6. The lowest BCUT2D eigenvalue weighted by Gasteiger charge is -2.50. The Balaban J connectivity index is 1.65. The molecule has 0 aromatic heterocycles. The van der Waals surface area contributed by atoms with Crippen molar-refractivity contribution in [2.24, 2.45) is 17.3 Å². The highest BCUT2D eigenvalue weighted by Crippen LogP contribution is 2.61. The molecule has 28 heavy (non-hydrogen) atoms. The number of carbonyl (C=O) groups is 2. The molecule has 0 spiro atoms. The third kappa shape index (κ3) is 2.94. The molecule has 1 aromatic carbocycles. The number of fused-ring (bicyclic) bond motifs is 5. The number of aliphatic hydroxyl groups is 2. The van der Waals surface area contributed by atoms with E-state index in [1.165, 1.54) is 25.0 Å². The lowest BCUT2D eigenvalue weighted by atomic mass is 9.55. The summed E-state index contributed by atoms with van der Waals surface area (Å²) >= 11 is 0. The molecule has 6 nitrogen and oxygen atoms in total. The first-order valence-corrected chi connectivity index (χ1v) is 10.1. The summed E-state index contributed by atoms with van der Waals surface area (Å²) in [5.74, 6) is 0.194. The minimum Gasteiger partial charge on any atom is -0.459 e. The van der Waals surface area contributed by atoms with Crippen LogP contribution in [0.4, 0.5) is 0 Å². The fourth-order valence-corrected chi connectivity index (χ4v) is 6.21. The van der Waals surface area contributed by atoms with E-state index in [0.29, 0.717) is 5.75 Å². The largest absolute Gasteiger partial charge is 0.459 e. The topological polar surface area (TPSA) is 93.1 Å². The van der Waals surface area contributed by atoms with Crippen LogP contribution < -0.4 is 4.74 Å². The third-order valence-electron chi connectivity index (χ3n) is 7.23. The first kappa shape index (κ1) is 19.4. The van der Waals surface area contributed by atoms with Gasteiger partial charge in [0.15, 0.2) is 0 Å². The zero-order chi connectivity index (χ0) is 20.2. The van der Waals surface area contributed by atoms with E-state index in [1.54, 1.807) is 0 Å². The van der Waals surface area contributed by atoms with Crippen molar-refractivity contribution < 1.29 is 29.3 Å². The van der Waals surface area contributed by atoms with E-state index in [-0.39, 0.29) is 23.7 Å². The monoisotopic (exact) mass is 388 g/mol. The van der Waals surface area contributed by atoms with E-state index in [0.717, 1.165) is 25.7 Å². The molecule has 0 bridgehead atoms. The Labute approximate surface area is 164 Å². The van der Waals surface area contributed by atoms with Gasteiger partial charge in [-0.1, -0.05) is 13.0 Å². The van der Waals surface area contributed by atoms with Gasteiger partial charge >= 0.3 is 11.9 Å². The van der Waals surface area contributed by atoms with Crippen LogP contribution in [0.5, 0.6) is 5.75 Å². The van der Waals surface area contributed by atoms with Crippen molar-refractivity contribution in [3.05, 3.63) is 29.3 Å². The molecule has 4 unspecified atom stereocenters. The SMILES string of the molecule is CC(=O)Oc1ccc2c(c1)CCC1C2CC[C@@]2(C)C1C(O)[C@H](O)[C@@H]2OC(C)=O. The molecular weight excluding hydrogens is 360 g/mol. The summed E-state index contributed by atoms with van der Waals surface area (Å²) in [7, 11) is 0. The molecule has 0 amide bonds. The second-order valence-corrected chi connectivity index (χ2v) is 8.84. The van der Waals surface area contributed by atoms with Crippen LogP contribution in [0.1, 0.15) is 57.1 Å². The first-order valence-electron chi connectivity index (χ1n) is 10.1. The molecule has 1 aromatic rings. The molecule has 0 heterocycles. The van der Waals surface area contributed by atoms with Gasteiger partial charge in [-0.15, -0.1) is 0 Å². The average Bonchev–Trinajstić information content (AvgIpc) is 2.81. The van der Waals surface area contributed by atoms with Gasteiger partial charge in [-0.3, -0.25) is 9.59 Å². The molecule has 2 N–H and O–H groups in total. The molecule has 3 aliphatic rings. The second-order valence-electron chi connectivity index (χ2n) is 8.84. The molecule has 2 fully saturated rings. The van der Waals surface area contributed by atoms with Crippen molar-refractivity contribution in [3.8, 4) is 5.75 Å². The number of esters is 2. The van der Waals surface area contributed by atoms with Crippen LogP contribution in [0, 0.1) is 17.3 Å². The number of aliphatic hydroxyl groups excluding tert-OH is 2. The van der Waals surface area contributed by atoms with Crippen molar-refractivity contribution in [3.63, 3.8) is 0 Å². The maximum Gasteiger partial charge on any atom is 0.308 e. The second kappa shape index (κ2) is 6.85. The Bertz CT molecular complexity index is 804. The van der Waals surface area contributed by atoms with Gasteiger partial charge in [0.25, 0.3) is 0 Å². The predicted octanol–water partition coefficient (Wildman–Crippen LogP) is 2.34. The lowest BCUT2D eigenvalue weighted by molar-refractivity contribution is -0.161. The van der Waals surface area contributed by atoms with E-state index in [1.807, 2.05) is 25.1 Å². The van der Waals surface area contributed by atoms with E-state index in [9.17, 15) is 19.8 Å². The van der Waals surface area contributed by atoms with E-state index in [4.69, 9.17) is 9.47 Å². The molecule has 3 aliphatic carbocycles. The summed E-state index contributed by atoms with van der Waals surface area (Å²) in [5, 5.41) is 21.5. The number of hydrogen-bond acceptors (Lipinski definition) is 6. The van der Waals surface area contributed by atoms with Crippen molar-refractivity contribution >= 4 is 11.9 Å². The van der Waals surface area contributed by atoms with Crippen LogP contribution in [-0.2, 0) is 20.7 Å². The molecule has 6 heteroatoms. The molecule has 0 radical (unpaired) electrons. The normalized spacial score (nSPS) is 38.8. The third-order valence-corrected chi connectivity index (χ3v) is 7.23. The maximum atomic E-state index is 11.6. The van der Waals surface area contributed by atoms with Gasteiger partial charge < -0.3 is 19.7 Å². The van der Waals surface area contributed by atoms with Gasteiger partial charge in [0, 0.05) is 19.3 Å². The van der Waals surface area contributed by atoms with Gasteiger partial charge in [-0.25, -0.2) is 0 Å². The van der Waals surface area contributed by atoms with E-state index in [2.05, 4.69) is 0 Å². The Kier molecular flexibility index (Phi) is 4.74. The highest BCUT2D eigenvalue weighted by molar-refractivity contribution is 5.69. The van der Waals surface area contributed by atoms with Crippen LogP contribution in [-0.4, -0.2) is 40.5 Å². The summed E-state index contributed by atoms with van der Waals surface area (Å²) < 4.78 is 10.7. The van der Waals surface area contributed by atoms with Gasteiger partial charge in [-0.05, 0) is 66.7 Å². The van der Waals surface area contributed by atoms with Crippen LogP contribution in [0.2, 0.25) is 0 Å². The molecule has 2 saturated carbocycles. The first-order chi connectivity index (χ1) is 13.2. The Morgan fingerprint density at radius 2 is 1.86 bits per heavy atom. The molecule has 4 rings (SSSR count). The Hall–Kier alpha value is -1.92. The predicted molar refractivity (Wildman–Crippen MR) is 101 cm³/mol. The quantitative estimate of drug-likeness (QED) is 0.597. The van der Waals surface area contributed by atoms with Crippen molar-refractivity contribution in [2.75, 3.05) is 0 Å². The highest BCUT2D eigenvalue weighted by Gasteiger charge is 2.64. The molecular formula is C22H28O6. The Morgan fingerprint density at radius 1 is 1.11 bits per heavy atom. The van der Waals surface area contributed by atoms with Crippen LogP contribution in [0.15, 0.2) is 18.2 Å². The molecule has 152 valence electrons. The summed E-state index contributed by atoms with van der Waals surface area (Å²) in [6, 6.07) is 5.81. The average molecular weight is 388 g/mol. The minimum absolute atomic E-state index is 0.119. The smallest absolute Gasteiger partial charge is 0.308 e. The summed E-state index contributed by atoms with van der Waals surface area (Å²) in [4.78, 5) is 22.8. The standard InChI is InChI=1S/C22H28O6/c1-11(23)27-14-5-7-15-13(10-14)4-6-17-16(15)8-9-22(3)18(17)19(25)20(26)21(22)28-12(2)24/h5,7,10,16-21,25-26H,4,6,8-9H2,1-3H3/t16?,17?,18?,19?,20-,21-,22-/m0/s1. The van der Waals surface area contributed by atoms with Crippen LogP contribution in [0.3, 0.4) is 0 Å².